The Morgan fingerprint density at radius 1 is 1.00 bits per heavy atom. The number of H-pyrrole nitrogens is 1. The first-order valence-electron chi connectivity index (χ1n) is 8.23. The average molecular weight is 359 g/mol. The van der Waals surface area contributed by atoms with E-state index in [-0.39, 0.29) is 5.91 Å². The van der Waals surface area contributed by atoms with Gasteiger partial charge in [0.1, 0.15) is 5.69 Å². The van der Waals surface area contributed by atoms with E-state index in [0.29, 0.717) is 5.69 Å². The molecule has 5 heteroatoms. The zero-order valence-electron chi connectivity index (χ0n) is 14.2. The van der Waals surface area contributed by atoms with Crippen molar-refractivity contribution < 1.29 is 4.79 Å². The Hall–Kier alpha value is -3.05. The fourth-order valence-corrected chi connectivity index (χ4v) is 3.31. The summed E-state index contributed by atoms with van der Waals surface area (Å²) in [6.45, 7) is 0. The lowest BCUT2D eigenvalue weighted by atomic mass is 10.0. The largest absolute Gasteiger partial charge is 0.321 e. The van der Waals surface area contributed by atoms with Crippen LogP contribution in [0.5, 0.6) is 0 Å². The second-order valence-corrected chi connectivity index (χ2v) is 6.76. The second kappa shape index (κ2) is 7.06. The Morgan fingerprint density at radius 3 is 2.58 bits per heavy atom. The molecule has 3 aromatic carbocycles. The third kappa shape index (κ3) is 3.21. The molecular formula is C21H17N3OS. The summed E-state index contributed by atoms with van der Waals surface area (Å²) in [4.78, 5) is 13.6. The number of aromatic amines is 1. The maximum absolute atomic E-state index is 12.5. The summed E-state index contributed by atoms with van der Waals surface area (Å²) in [6, 6.07) is 23.8. The van der Waals surface area contributed by atoms with Crippen LogP contribution >= 0.6 is 11.8 Å². The molecule has 0 aliphatic rings. The number of fused-ring (bicyclic) bond motifs is 1. The first kappa shape index (κ1) is 16.4. The zero-order chi connectivity index (χ0) is 17.9. The maximum atomic E-state index is 12.5. The minimum Gasteiger partial charge on any atom is -0.321 e. The molecule has 0 unspecified atom stereocenters. The van der Waals surface area contributed by atoms with Gasteiger partial charge in [-0.25, -0.2) is 0 Å². The Balaban J connectivity index is 1.59. The summed E-state index contributed by atoms with van der Waals surface area (Å²) in [5.41, 5.74) is 2.95. The van der Waals surface area contributed by atoms with Crippen LogP contribution in [0.25, 0.3) is 22.0 Å². The normalized spacial score (nSPS) is 10.8. The number of nitrogens with one attached hydrogen (secondary N) is 2. The molecule has 0 saturated carbocycles. The molecule has 1 heterocycles. The predicted molar refractivity (Wildman–Crippen MR) is 108 cm³/mol. The van der Waals surface area contributed by atoms with Gasteiger partial charge in [0.2, 0.25) is 0 Å². The molecule has 4 nitrogen and oxygen atoms in total. The van der Waals surface area contributed by atoms with E-state index in [9.17, 15) is 4.79 Å². The Bertz CT molecular complexity index is 1060. The fourth-order valence-electron chi connectivity index (χ4n) is 2.90. The number of thioether (sulfide) groups is 1. The van der Waals surface area contributed by atoms with Gasteiger partial charge in [-0.2, -0.15) is 5.10 Å². The van der Waals surface area contributed by atoms with E-state index < -0.39 is 0 Å². The summed E-state index contributed by atoms with van der Waals surface area (Å²) in [5, 5.41) is 12.3. The summed E-state index contributed by atoms with van der Waals surface area (Å²) in [7, 11) is 0. The molecule has 0 fully saturated rings. The van der Waals surface area contributed by atoms with Crippen LogP contribution in [0.4, 0.5) is 5.69 Å². The quantitative estimate of drug-likeness (QED) is 0.492. The minimum atomic E-state index is -0.208. The van der Waals surface area contributed by atoms with Crippen molar-refractivity contribution in [1.82, 2.24) is 10.2 Å². The molecule has 0 saturated heterocycles. The van der Waals surface area contributed by atoms with Gasteiger partial charge in [-0.3, -0.25) is 9.89 Å². The molecule has 26 heavy (non-hydrogen) atoms. The van der Waals surface area contributed by atoms with E-state index in [1.807, 2.05) is 54.8 Å². The van der Waals surface area contributed by atoms with Gasteiger partial charge in [0, 0.05) is 16.1 Å². The minimum absolute atomic E-state index is 0.208. The molecule has 0 spiro atoms. The highest BCUT2D eigenvalue weighted by atomic mass is 32.2. The third-order valence-electron chi connectivity index (χ3n) is 4.24. The number of nitrogens with zero attached hydrogens (tertiary/aromatic N) is 1. The van der Waals surface area contributed by atoms with E-state index in [0.717, 1.165) is 32.6 Å². The lowest BCUT2D eigenvalue weighted by molar-refractivity contribution is 0.102. The number of hydrogen-bond donors (Lipinski definition) is 2. The second-order valence-electron chi connectivity index (χ2n) is 5.88. The van der Waals surface area contributed by atoms with Crippen LogP contribution in [0.3, 0.4) is 0 Å². The fraction of sp³-hybridized carbons (Fsp3) is 0.0476. The number of amides is 1. The Kier molecular flexibility index (Phi) is 4.46. The van der Waals surface area contributed by atoms with Crippen molar-refractivity contribution in [3.8, 4) is 11.3 Å². The van der Waals surface area contributed by atoms with Crippen LogP contribution in [-0.4, -0.2) is 22.4 Å². The van der Waals surface area contributed by atoms with Crippen molar-refractivity contribution in [3.05, 3.63) is 78.5 Å². The van der Waals surface area contributed by atoms with Crippen LogP contribution < -0.4 is 5.32 Å². The summed E-state index contributed by atoms with van der Waals surface area (Å²) >= 11 is 1.67. The van der Waals surface area contributed by atoms with Crippen molar-refractivity contribution in [2.24, 2.45) is 0 Å². The lowest BCUT2D eigenvalue weighted by Crippen LogP contribution is -2.12. The number of anilines is 1. The zero-order valence-corrected chi connectivity index (χ0v) is 15.0. The van der Waals surface area contributed by atoms with Crippen molar-refractivity contribution in [3.63, 3.8) is 0 Å². The number of rotatable bonds is 4. The molecular weight excluding hydrogens is 342 g/mol. The number of aromatic nitrogens is 2. The van der Waals surface area contributed by atoms with Gasteiger partial charge in [-0.1, -0.05) is 42.5 Å². The first-order valence-corrected chi connectivity index (χ1v) is 9.46. The first-order chi connectivity index (χ1) is 12.7. The number of carbonyl (C=O) groups excluding carboxylic acids is 1. The summed E-state index contributed by atoms with van der Waals surface area (Å²) in [6.07, 6.45) is 2.02. The van der Waals surface area contributed by atoms with Gasteiger partial charge in [0.25, 0.3) is 5.91 Å². The Labute approximate surface area is 155 Å². The molecule has 128 valence electrons. The molecule has 0 aliphatic carbocycles. The molecule has 0 radical (unpaired) electrons. The van der Waals surface area contributed by atoms with Crippen LogP contribution in [-0.2, 0) is 0 Å². The van der Waals surface area contributed by atoms with Gasteiger partial charge in [-0.15, -0.1) is 11.8 Å². The van der Waals surface area contributed by atoms with Crippen molar-refractivity contribution in [2.45, 2.75) is 4.90 Å². The standard InChI is InChI=1S/C21H17N3OS/c1-26-16-11-9-15(10-12-16)22-21(25)20-13-19(23-24-20)18-8-4-6-14-5-2-3-7-17(14)18/h2-13H,1H3,(H,22,25)(H,23,24). The number of benzene rings is 3. The average Bonchev–Trinajstić information content (AvgIpc) is 3.18. The van der Waals surface area contributed by atoms with Crippen LogP contribution in [0, 0.1) is 0 Å². The SMILES string of the molecule is CSc1ccc(NC(=O)c2cc(-c3cccc4ccccc34)n[nH]2)cc1. The molecule has 0 atom stereocenters. The summed E-state index contributed by atoms with van der Waals surface area (Å²) < 4.78 is 0. The van der Waals surface area contributed by atoms with E-state index >= 15 is 0 Å². The Morgan fingerprint density at radius 2 is 1.77 bits per heavy atom. The molecule has 0 aliphatic heterocycles. The lowest BCUT2D eigenvalue weighted by Gasteiger charge is -2.04. The van der Waals surface area contributed by atoms with E-state index in [4.69, 9.17) is 0 Å². The highest BCUT2D eigenvalue weighted by Gasteiger charge is 2.13. The van der Waals surface area contributed by atoms with Gasteiger partial charge in [0.15, 0.2) is 0 Å². The van der Waals surface area contributed by atoms with Crippen LogP contribution in [0.15, 0.2) is 77.7 Å². The number of carbonyl (C=O) groups is 1. The summed E-state index contributed by atoms with van der Waals surface area (Å²) in [5.74, 6) is -0.208. The van der Waals surface area contributed by atoms with Gasteiger partial charge in [-0.05, 0) is 47.4 Å². The molecule has 4 aromatic rings. The molecule has 0 bridgehead atoms. The highest BCUT2D eigenvalue weighted by Crippen LogP contribution is 2.27. The van der Waals surface area contributed by atoms with Crippen LogP contribution in [0.2, 0.25) is 0 Å². The highest BCUT2D eigenvalue weighted by molar-refractivity contribution is 7.98. The van der Waals surface area contributed by atoms with Gasteiger partial charge in [0.05, 0.1) is 5.69 Å². The topological polar surface area (TPSA) is 57.8 Å². The maximum Gasteiger partial charge on any atom is 0.273 e. The van der Waals surface area contributed by atoms with Crippen molar-refractivity contribution in [2.75, 3.05) is 11.6 Å². The number of hydrogen-bond acceptors (Lipinski definition) is 3. The smallest absolute Gasteiger partial charge is 0.273 e. The van der Waals surface area contributed by atoms with Gasteiger partial charge >= 0.3 is 0 Å². The van der Waals surface area contributed by atoms with Crippen LogP contribution in [0.1, 0.15) is 10.5 Å². The van der Waals surface area contributed by atoms with Gasteiger partial charge < -0.3 is 5.32 Å². The van der Waals surface area contributed by atoms with Crippen molar-refractivity contribution >= 4 is 34.1 Å². The molecule has 4 rings (SSSR count). The predicted octanol–water partition coefficient (Wildman–Crippen LogP) is 5.20. The van der Waals surface area contributed by atoms with E-state index in [1.165, 1.54) is 0 Å². The molecule has 2 N–H and O–H groups in total. The van der Waals surface area contributed by atoms with Crippen molar-refractivity contribution in [1.29, 1.82) is 0 Å². The monoisotopic (exact) mass is 359 g/mol. The van der Waals surface area contributed by atoms with E-state index in [1.54, 1.807) is 17.8 Å². The third-order valence-corrected chi connectivity index (χ3v) is 4.98. The molecule has 1 amide bonds. The molecule has 1 aromatic heterocycles. The van der Waals surface area contributed by atoms with E-state index in [2.05, 4.69) is 33.7 Å².